The van der Waals surface area contributed by atoms with Gasteiger partial charge in [0, 0.05) is 5.54 Å². The van der Waals surface area contributed by atoms with E-state index in [9.17, 15) is 19.2 Å². The number of rotatable bonds is 6. The van der Waals surface area contributed by atoms with Gasteiger partial charge < -0.3 is 15.4 Å². The van der Waals surface area contributed by atoms with Crippen LogP contribution >= 0.6 is 0 Å². The minimum absolute atomic E-state index is 0.153. The summed E-state index contributed by atoms with van der Waals surface area (Å²) < 4.78 is 5.26. The first kappa shape index (κ1) is 20.2. The predicted molar refractivity (Wildman–Crippen MR) is 104 cm³/mol. The van der Waals surface area contributed by atoms with Crippen molar-refractivity contribution in [3.63, 3.8) is 0 Å². The Labute approximate surface area is 171 Å². The summed E-state index contributed by atoms with van der Waals surface area (Å²) in [6, 6.07) is -0.609. The average Bonchev–Trinajstić information content (AvgIpc) is 2.84. The number of nitrogens with zero attached hydrogens (tertiary/aromatic N) is 1. The summed E-state index contributed by atoms with van der Waals surface area (Å²) in [5.74, 6) is 0.594. The Kier molecular flexibility index (Phi) is 4.86. The smallest absolute Gasteiger partial charge is 0.327 e. The minimum Gasteiger partial charge on any atom is -0.451 e. The van der Waals surface area contributed by atoms with E-state index >= 15 is 0 Å². The van der Waals surface area contributed by atoms with E-state index in [2.05, 4.69) is 10.6 Å². The van der Waals surface area contributed by atoms with Crippen molar-refractivity contribution < 1.29 is 23.9 Å². The van der Waals surface area contributed by atoms with Gasteiger partial charge in [-0.05, 0) is 76.5 Å². The molecule has 29 heavy (non-hydrogen) atoms. The maximum atomic E-state index is 12.7. The molecule has 0 aromatic heterocycles. The van der Waals surface area contributed by atoms with E-state index in [1.54, 1.807) is 13.8 Å². The molecule has 160 valence electrons. The summed E-state index contributed by atoms with van der Waals surface area (Å²) in [5, 5.41) is 5.78. The van der Waals surface area contributed by atoms with Crippen molar-refractivity contribution in [1.82, 2.24) is 15.5 Å². The van der Waals surface area contributed by atoms with Crippen molar-refractivity contribution in [3.05, 3.63) is 0 Å². The number of esters is 1. The van der Waals surface area contributed by atoms with Crippen LogP contribution in [0.25, 0.3) is 0 Å². The molecule has 1 saturated heterocycles. The highest BCUT2D eigenvalue weighted by atomic mass is 16.5. The lowest BCUT2D eigenvalue weighted by molar-refractivity contribution is -0.158. The van der Waals surface area contributed by atoms with Gasteiger partial charge in [-0.25, -0.2) is 4.79 Å². The van der Waals surface area contributed by atoms with Crippen LogP contribution in [0, 0.1) is 17.8 Å². The van der Waals surface area contributed by atoms with Gasteiger partial charge in [-0.3, -0.25) is 19.3 Å². The molecule has 4 amide bonds. The van der Waals surface area contributed by atoms with Gasteiger partial charge >= 0.3 is 12.0 Å². The Bertz CT molecular complexity index is 715. The Hall–Kier alpha value is -2.12. The van der Waals surface area contributed by atoms with Gasteiger partial charge in [0.05, 0.1) is 0 Å². The molecule has 4 aliphatic carbocycles. The van der Waals surface area contributed by atoms with Crippen molar-refractivity contribution in [3.8, 4) is 0 Å². The summed E-state index contributed by atoms with van der Waals surface area (Å²) >= 11 is 0. The standard InChI is InChI=1S/C21H31N3O5/c1-4-20(3)18(27)24(19(28)23-20)11-16(25)29-12(2)17(26)22-21-8-13-5-14(9-21)7-15(6-13)10-21/h12-15H,4-11H2,1-3H3,(H,22,26)(H,23,28)/t12-,13?,14?,15?,20-,21?/m1/s1. The largest absolute Gasteiger partial charge is 0.451 e. The molecule has 0 aromatic rings. The van der Waals surface area contributed by atoms with Crippen LogP contribution in [0.3, 0.4) is 0 Å². The number of imide groups is 1. The second-order valence-electron chi connectivity index (χ2n) is 9.83. The second kappa shape index (κ2) is 6.99. The summed E-state index contributed by atoms with van der Waals surface area (Å²) in [6.07, 6.45) is 6.35. The number of hydrogen-bond acceptors (Lipinski definition) is 5. The van der Waals surface area contributed by atoms with E-state index in [4.69, 9.17) is 4.74 Å². The monoisotopic (exact) mass is 405 g/mol. The molecule has 4 bridgehead atoms. The number of urea groups is 1. The van der Waals surface area contributed by atoms with Crippen molar-refractivity contribution in [2.75, 3.05) is 6.54 Å². The number of carbonyl (C=O) groups is 4. The number of nitrogens with one attached hydrogen (secondary N) is 2. The summed E-state index contributed by atoms with van der Waals surface area (Å²) in [7, 11) is 0. The highest BCUT2D eigenvalue weighted by Gasteiger charge is 2.52. The van der Waals surface area contributed by atoms with Gasteiger partial charge in [-0.15, -0.1) is 0 Å². The van der Waals surface area contributed by atoms with E-state index in [-0.39, 0.29) is 11.4 Å². The molecule has 0 radical (unpaired) electrons. The van der Waals surface area contributed by atoms with Gasteiger partial charge in [0.25, 0.3) is 11.8 Å². The van der Waals surface area contributed by atoms with Gasteiger partial charge in [0.15, 0.2) is 6.10 Å². The Morgan fingerprint density at radius 2 is 1.72 bits per heavy atom. The Morgan fingerprint density at radius 3 is 2.21 bits per heavy atom. The molecular weight excluding hydrogens is 374 g/mol. The van der Waals surface area contributed by atoms with Crippen LogP contribution in [0.15, 0.2) is 0 Å². The average molecular weight is 405 g/mol. The lowest BCUT2D eigenvalue weighted by atomic mass is 9.53. The van der Waals surface area contributed by atoms with E-state index in [1.807, 2.05) is 0 Å². The minimum atomic E-state index is -1.00. The van der Waals surface area contributed by atoms with Gasteiger partial charge in [-0.2, -0.15) is 0 Å². The molecule has 5 rings (SSSR count). The lowest BCUT2D eigenvalue weighted by Crippen LogP contribution is -2.61. The Balaban J connectivity index is 1.32. The van der Waals surface area contributed by atoms with E-state index in [1.165, 1.54) is 26.2 Å². The van der Waals surface area contributed by atoms with Crippen LogP contribution in [0.5, 0.6) is 0 Å². The number of ether oxygens (including phenoxy) is 1. The molecule has 1 heterocycles. The molecule has 0 aromatic carbocycles. The third-order valence-corrected chi connectivity index (χ3v) is 7.44. The van der Waals surface area contributed by atoms with Gasteiger partial charge in [0.1, 0.15) is 12.1 Å². The quantitative estimate of drug-likeness (QED) is 0.517. The molecule has 8 nitrogen and oxygen atoms in total. The molecular formula is C21H31N3O5. The predicted octanol–water partition coefficient (Wildman–Crippen LogP) is 1.72. The zero-order valence-corrected chi connectivity index (χ0v) is 17.5. The molecule has 2 atom stereocenters. The van der Waals surface area contributed by atoms with E-state index in [0.29, 0.717) is 24.2 Å². The fourth-order valence-electron chi connectivity index (χ4n) is 6.17. The Morgan fingerprint density at radius 1 is 1.17 bits per heavy atom. The van der Waals surface area contributed by atoms with Gasteiger partial charge in [0.2, 0.25) is 0 Å². The molecule has 8 heteroatoms. The lowest BCUT2D eigenvalue weighted by Gasteiger charge is -2.57. The molecule has 4 saturated carbocycles. The normalized spacial score (nSPS) is 38.7. The molecule has 2 N–H and O–H groups in total. The fraction of sp³-hybridized carbons (Fsp3) is 0.810. The van der Waals surface area contributed by atoms with E-state index in [0.717, 1.165) is 24.2 Å². The molecule has 1 aliphatic heterocycles. The van der Waals surface area contributed by atoms with Crippen LogP contribution in [0.4, 0.5) is 4.79 Å². The van der Waals surface area contributed by atoms with Crippen LogP contribution in [-0.4, -0.2) is 52.4 Å². The third kappa shape index (κ3) is 3.62. The zero-order valence-electron chi connectivity index (χ0n) is 17.5. The van der Waals surface area contributed by atoms with Crippen LogP contribution in [0.2, 0.25) is 0 Å². The van der Waals surface area contributed by atoms with E-state index < -0.39 is 36.1 Å². The molecule has 0 unspecified atom stereocenters. The third-order valence-electron chi connectivity index (χ3n) is 7.44. The van der Waals surface area contributed by atoms with Crippen LogP contribution < -0.4 is 10.6 Å². The van der Waals surface area contributed by atoms with Gasteiger partial charge in [-0.1, -0.05) is 6.92 Å². The number of carbonyl (C=O) groups excluding carboxylic acids is 4. The van der Waals surface area contributed by atoms with Crippen LogP contribution in [0.1, 0.15) is 65.7 Å². The highest BCUT2D eigenvalue weighted by Crippen LogP contribution is 2.55. The summed E-state index contributed by atoms with van der Waals surface area (Å²) in [5.41, 5.74) is -1.15. The summed E-state index contributed by atoms with van der Waals surface area (Å²) in [6.45, 7) is 4.46. The number of amides is 4. The maximum Gasteiger partial charge on any atom is 0.327 e. The molecule has 5 aliphatic rings. The maximum absolute atomic E-state index is 12.7. The first-order valence-electron chi connectivity index (χ1n) is 10.8. The SMILES string of the molecule is CC[C@@]1(C)NC(=O)N(CC(=O)O[C@H](C)C(=O)NC23CC4CC(CC(C4)C2)C3)C1=O. The van der Waals surface area contributed by atoms with Crippen molar-refractivity contribution >= 4 is 23.8 Å². The van der Waals surface area contributed by atoms with Crippen molar-refractivity contribution in [2.24, 2.45) is 17.8 Å². The van der Waals surface area contributed by atoms with Crippen molar-refractivity contribution in [2.45, 2.75) is 82.9 Å². The zero-order chi connectivity index (χ0) is 21.0. The second-order valence-corrected chi connectivity index (χ2v) is 9.83. The highest BCUT2D eigenvalue weighted by molar-refractivity contribution is 6.08. The first-order valence-corrected chi connectivity index (χ1v) is 10.8. The van der Waals surface area contributed by atoms with Crippen molar-refractivity contribution in [1.29, 1.82) is 0 Å². The topological polar surface area (TPSA) is 105 Å². The molecule has 5 fully saturated rings. The first-order chi connectivity index (χ1) is 13.6. The molecule has 0 spiro atoms. The van der Waals surface area contributed by atoms with Crippen LogP contribution in [-0.2, 0) is 19.1 Å². The summed E-state index contributed by atoms with van der Waals surface area (Å²) in [4.78, 5) is 50.3. The number of hydrogen-bond donors (Lipinski definition) is 2. The fourth-order valence-corrected chi connectivity index (χ4v) is 6.17.